The molecule has 0 N–H and O–H groups in total. The molecule has 0 aliphatic carbocycles. The fraction of sp³-hybridized carbons (Fsp3) is 0.727. The normalized spacial score (nSPS) is 13.4. The number of nitrogens with zero attached hydrogens (tertiary/aromatic N) is 3. The molecule has 1 aromatic rings. The Kier molecular flexibility index (Phi) is 4.97. The molecule has 1 heterocycles. The lowest BCUT2D eigenvalue weighted by Crippen LogP contribution is -2.21. The predicted molar refractivity (Wildman–Crippen MR) is 65.3 cm³/mol. The Morgan fingerprint density at radius 2 is 2.24 bits per heavy atom. The molecule has 0 aliphatic rings. The van der Waals surface area contributed by atoms with Crippen LogP contribution in [0.2, 0.25) is 0 Å². The van der Waals surface area contributed by atoms with E-state index in [-0.39, 0.29) is 11.5 Å². The lowest BCUT2D eigenvalue weighted by Gasteiger charge is -2.26. The maximum absolute atomic E-state index is 8.42. The van der Waals surface area contributed by atoms with Crippen LogP contribution in [0.1, 0.15) is 38.6 Å². The standard InChI is InChI=1S/C11H17N3O2S/c1-11(2,3)9(15-4)10-13-8(16-14-10)7-17-6-5-12/h9H,6-7H2,1-4H3. The minimum Gasteiger partial charge on any atom is -0.373 e. The van der Waals surface area contributed by atoms with Gasteiger partial charge in [0.05, 0.1) is 17.6 Å². The zero-order valence-corrected chi connectivity index (χ0v) is 11.4. The van der Waals surface area contributed by atoms with Gasteiger partial charge in [-0.05, 0) is 5.41 Å². The third kappa shape index (κ3) is 4.02. The topological polar surface area (TPSA) is 71.9 Å². The maximum atomic E-state index is 8.42. The molecule has 0 amide bonds. The summed E-state index contributed by atoms with van der Waals surface area (Å²) in [6, 6.07) is 2.05. The average Bonchev–Trinajstić information content (AvgIpc) is 2.66. The molecular formula is C11H17N3O2S. The van der Waals surface area contributed by atoms with Gasteiger partial charge in [-0.25, -0.2) is 0 Å². The van der Waals surface area contributed by atoms with Gasteiger partial charge in [0.1, 0.15) is 6.10 Å². The predicted octanol–water partition coefficient (Wildman–Crippen LogP) is 2.56. The van der Waals surface area contributed by atoms with Crippen molar-refractivity contribution in [3.63, 3.8) is 0 Å². The van der Waals surface area contributed by atoms with Gasteiger partial charge in [0.2, 0.25) is 11.7 Å². The molecule has 17 heavy (non-hydrogen) atoms. The van der Waals surface area contributed by atoms with E-state index < -0.39 is 0 Å². The summed E-state index contributed by atoms with van der Waals surface area (Å²) >= 11 is 1.45. The third-order valence-electron chi connectivity index (χ3n) is 2.13. The van der Waals surface area contributed by atoms with Crippen LogP contribution in [0.15, 0.2) is 4.52 Å². The SMILES string of the molecule is COC(c1noc(CSCC#N)n1)C(C)(C)C. The van der Waals surface area contributed by atoms with Crippen molar-refractivity contribution in [2.24, 2.45) is 5.41 Å². The zero-order chi connectivity index (χ0) is 12.9. The molecule has 1 unspecified atom stereocenters. The molecule has 0 saturated heterocycles. The van der Waals surface area contributed by atoms with Crippen molar-refractivity contribution in [1.29, 1.82) is 5.26 Å². The van der Waals surface area contributed by atoms with E-state index >= 15 is 0 Å². The van der Waals surface area contributed by atoms with Crippen LogP contribution in [-0.4, -0.2) is 23.0 Å². The van der Waals surface area contributed by atoms with Crippen LogP contribution in [0, 0.1) is 16.7 Å². The van der Waals surface area contributed by atoms with Crippen LogP contribution in [0.5, 0.6) is 0 Å². The molecular weight excluding hydrogens is 238 g/mol. The second kappa shape index (κ2) is 6.03. The summed E-state index contributed by atoms with van der Waals surface area (Å²) in [5.41, 5.74) is -0.0876. The molecule has 0 bridgehead atoms. The number of methoxy groups -OCH3 is 1. The largest absolute Gasteiger partial charge is 0.373 e. The Morgan fingerprint density at radius 3 is 2.76 bits per heavy atom. The molecule has 1 rings (SSSR count). The van der Waals surface area contributed by atoms with Crippen LogP contribution in [-0.2, 0) is 10.5 Å². The van der Waals surface area contributed by atoms with Crippen molar-refractivity contribution in [1.82, 2.24) is 10.1 Å². The van der Waals surface area contributed by atoms with E-state index in [9.17, 15) is 0 Å². The Labute approximate surface area is 106 Å². The number of thioether (sulfide) groups is 1. The first-order chi connectivity index (χ1) is 7.99. The van der Waals surface area contributed by atoms with Gasteiger partial charge in [-0.3, -0.25) is 0 Å². The summed E-state index contributed by atoms with van der Waals surface area (Å²) in [5, 5.41) is 12.4. The minimum absolute atomic E-state index is 0.0876. The van der Waals surface area contributed by atoms with Crippen LogP contribution in [0.4, 0.5) is 0 Å². The van der Waals surface area contributed by atoms with Gasteiger partial charge in [0.25, 0.3) is 0 Å². The van der Waals surface area contributed by atoms with Crippen molar-refractivity contribution in [2.45, 2.75) is 32.6 Å². The second-order valence-electron chi connectivity index (χ2n) is 4.68. The molecule has 1 aromatic heterocycles. The zero-order valence-electron chi connectivity index (χ0n) is 10.6. The lowest BCUT2D eigenvalue weighted by molar-refractivity contribution is 0.00718. The Hall–Kier alpha value is -1.06. The first-order valence-corrected chi connectivity index (χ1v) is 6.44. The third-order valence-corrected chi connectivity index (χ3v) is 2.92. The van der Waals surface area contributed by atoms with E-state index in [0.717, 1.165) is 0 Å². The molecule has 0 fully saturated rings. The van der Waals surface area contributed by atoms with Gasteiger partial charge >= 0.3 is 0 Å². The summed E-state index contributed by atoms with van der Waals surface area (Å²) < 4.78 is 10.5. The monoisotopic (exact) mass is 255 g/mol. The number of hydrogen-bond donors (Lipinski definition) is 0. The first-order valence-electron chi connectivity index (χ1n) is 5.29. The summed E-state index contributed by atoms with van der Waals surface area (Å²) in [4.78, 5) is 4.29. The highest BCUT2D eigenvalue weighted by atomic mass is 32.2. The van der Waals surface area contributed by atoms with Crippen LogP contribution < -0.4 is 0 Å². The molecule has 0 saturated carbocycles. The van der Waals surface area contributed by atoms with E-state index in [4.69, 9.17) is 14.5 Å². The smallest absolute Gasteiger partial charge is 0.236 e. The summed E-state index contributed by atoms with van der Waals surface area (Å²) in [6.07, 6.45) is -0.194. The van der Waals surface area contributed by atoms with Crippen molar-refractivity contribution < 1.29 is 9.26 Å². The van der Waals surface area contributed by atoms with Crippen LogP contribution in [0.25, 0.3) is 0 Å². The van der Waals surface area contributed by atoms with Gasteiger partial charge in [0.15, 0.2) is 0 Å². The Bertz CT molecular complexity index is 392. The Morgan fingerprint density at radius 1 is 1.53 bits per heavy atom. The minimum atomic E-state index is -0.194. The highest BCUT2D eigenvalue weighted by molar-refractivity contribution is 7.98. The quantitative estimate of drug-likeness (QED) is 0.753. The number of nitriles is 1. The van der Waals surface area contributed by atoms with Crippen molar-refractivity contribution >= 4 is 11.8 Å². The average molecular weight is 255 g/mol. The second-order valence-corrected chi connectivity index (χ2v) is 5.66. The first kappa shape index (κ1) is 14.0. The highest BCUT2D eigenvalue weighted by Crippen LogP contribution is 2.33. The van der Waals surface area contributed by atoms with Gasteiger partial charge in [-0.2, -0.15) is 10.2 Å². The molecule has 6 heteroatoms. The Balaban J connectivity index is 2.69. The van der Waals surface area contributed by atoms with E-state index in [1.807, 2.05) is 0 Å². The molecule has 94 valence electrons. The molecule has 0 aromatic carbocycles. The fourth-order valence-electron chi connectivity index (χ4n) is 1.46. The van der Waals surface area contributed by atoms with E-state index in [1.54, 1.807) is 7.11 Å². The van der Waals surface area contributed by atoms with Crippen LogP contribution in [0.3, 0.4) is 0 Å². The lowest BCUT2D eigenvalue weighted by atomic mass is 9.88. The van der Waals surface area contributed by atoms with E-state index in [0.29, 0.717) is 23.2 Å². The molecule has 0 aliphatic heterocycles. The fourth-order valence-corrected chi connectivity index (χ4v) is 1.95. The summed E-state index contributed by atoms with van der Waals surface area (Å²) in [7, 11) is 1.64. The van der Waals surface area contributed by atoms with Crippen molar-refractivity contribution in [3.05, 3.63) is 11.7 Å². The van der Waals surface area contributed by atoms with Crippen molar-refractivity contribution in [3.8, 4) is 6.07 Å². The number of ether oxygens (including phenoxy) is 1. The number of aromatic nitrogens is 2. The number of rotatable bonds is 5. The van der Waals surface area contributed by atoms with Crippen LogP contribution >= 0.6 is 11.8 Å². The molecule has 0 radical (unpaired) electrons. The summed E-state index contributed by atoms with van der Waals surface area (Å²) in [6.45, 7) is 6.17. The molecule has 5 nitrogen and oxygen atoms in total. The van der Waals surface area contributed by atoms with E-state index in [2.05, 4.69) is 37.0 Å². The molecule has 1 atom stereocenters. The van der Waals surface area contributed by atoms with Crippen molar-refractivity contribution in [2.75, 3.05) is 12.9 Å². The summed E-state index contributed by atoms with van der Waals surface area (Å²) in [5.74, 6) is 2.07. The van der Waals surface area contributed by atoms with Gasteiger partial charge in [-0.15, -0.1) is 11.8 Å². The highest BCUT2D eigenvalue weighted by Gasteiger charge is 2.30. The molecule has 0 spiro atoms. The van der Waals surface area contributed by atoms with Gasteiger partial charge < -0.3 is 9.26 Å². The number of hydrogen-bond acceptors (Lipinski definition) is 6. The van der Waals surface area contributed by atoms with Gasteiger partial charge in [0, 0.05) is 7.11 Å². The van der Waals surface area contributed by atoms with E-state index in [1.165, 1.54) is 11.8 Å². The maximum Gasteiger partial charge on any atom is 0.236 e. The van der Waals surface area contributed by atoms with Gasteiger partial charge in [-0.1, -0.05) is 25.9 Å².